The number of hydrogen-bond donors (Lipinski definition) is 2. The largest absolute Gasteiger partial charge is 0.438 e. The number of nitrogens with zero attached hydrogens (tertiary/aromatic N) is 1. The molecule has 0 radical (unpaired) electrons. The van der Waals surface area contributed by atoms with E-state index < -0.39 is 5.82 Å². The van der Waals surface area contributed by atoms with E-state index in [9.17, 15) is 14.0 Å². The van der Waals surface area contributed by atoms with Crippen LogP contribution in [0.25, 0.3) is 0 Å². The zero-order valence-electron chi connectivity index (χ0n) is 19.8. The van der Waals surface area contributed by atoms with Crippen molar-refractivity contribution in [3.05, 3.63) is 47.9 Å². The third kappa shape index (κ3) is 6.16. The fourth-order valence-electron chi connectivity index (χ4n) is 4.54. The van der Waals surface area contributed by atoms with Gasteiger partial charge < -0.3 is 15.4 Å². The number of ether oxygens (including phenoxy) is 1. The number of benzene rings is 1. The summed E-state index contributed by atoms with van der Waals surface area (Å²) in [7, 11) is 0. The van der Waals surface area contributed by atoms with Gasteiger partial charge in [0.2, 0.25) is 11.8 Å². The lowest BCUT2D eigenvalue weighted by atomic mass is 9.82. The highest BCUT2D eigenvalue weighted by Gasteiger charge is 2.44. The second kappa shape index (κ2) is 10.9. The number of pyridine rings is 1. The number of aromatic nitrogens is 1. The van der Waals surface area contributed by atoms with Gasteiger partial charge in [-0.05, 0) is 68.5 Å². The van der Waals surface area contributed by atoms with Crippen LogP contribution in [0.15, 0.2) is 41.4 Å². The molecule has 1 saturated carbocycles. The van der Waals surface area contributed by atoms with Gasteiger partial charge in [0.15, 0.2) is 5.78 Å². The minimum atomic E-state index is -0.562. The molecule has 2 atom stereocenters. The minimum Gasteiger partial charge on any atom is -0.438 e. The van der Waals surface area contributed by atoms with Crippen LogP contribution in [-0.4, -0.2) is 41.1 Å². The zero-order valence-corrected chi connectivity index (χ0v) is 20.7. The van der Waals surface area contributed by atoms with E-state index in [1.54, 1.807) is 17.8 Å². The molecule has 1 amide bonds. The highest BCUT2D eigenvalue weighted by Crippen LogP contribution is 2.34. The number of nitrogens with one attached hydrogen (secondary N) is 2. The summed E-state index contributed by atoms with van der Waals surface area (Å²) in [6.07, 6.45) is 7.93. The third-order valence-electron chi connectivity index (χ3n) is 6.61. The van der Waals surface area contributed by atoms with Crippen LogP contribution in [0.4, 0.5) is 4.39 Å². The minimum absolute atomic E-state index is 0.000757. The first-order valence-electron chi connectivity index (χ1n) is 11.9. The van der Waals surface area contributed by atoms with Crippen molar-refractivity contribution in [1.29, 1.82) is 0 Å². The van der Waals surface area contributed by atoms with E-state index in [0.29, 0.717) is 11.7 Å². The molecule has 0 spiro atoms. The number of ketones is 1. The molecule has 2 aliphatic rings. The summed E-state index contributed by atoms with van der Waals surface area (Å²) in [4.78, 5) is 30.2. The molecule has 1 saturated heterocycles. The Bertz CT molecular complexity index is 1040. The Hall–Kier alpha value is -2.45. The number of carbonyl (C=O) groups excluding carboxylic acids is 2. The van der Waals surface area contributed by atoms with Crippen molar-refractivity contribution >= 4 is 23.5 Å². The summed E-state index contributed by atoms with van der Waals surface area (Å²) >= 11 is 1.58. The fraction of sp³-hybridized carbons (Fsp3) is 0.500. The van der Waals surface area contributed by atoms with Crippen molar-refractivity contribution < 1.29 is 18.7 Å². The van der Waals surface area contributed by atoms with E-state index in [0.717, 1.165) is 43.2 Å². The molecule has 34 heavy (non-hydrogen) atoms. The van der Waals surface area contributed by atoms with Gasteiger partial charge in [-0.1, -0.05) is 19.9 Å². The Morgan fingerprint density at radius 3 is 2.71 bits per heavy atom. The topological polar surface area (TPSA) is 90.2 Å². The molecule has 2 aromatic rings. The van der Waals surface area contributed by atoms with E-state index in [1.807, 2.05) is 38.3 Å². The van der Waals surface area contributed by atoms with Crippen molar-refractivity contribution in [3.8, 4) is 11.6 Å². The average Bonchev–Trinajstić information content (AvgIpc) is 3.60. The summed E-state index contributed by atoms with van der Waals surface area (Å²) in [5.74, 6) is 0.553. The third-order valence-corrected chi connectivity index (χ3v) is 7.34. The Balaban J connectivity index is 1.34. The summed E-state index contributed by atoms with van der Waals surface area (Å²) in [5, 5.41) is 6.40. The number of halogens is 1. The number of carbonyl (C=O) groups is 2. The van der Waals surface area contributed by atoms with Crippen LogP contribution in [0, 0.1) is 17.7 Å². The average molecular weight is 486 g/mol. The molecule has 1 aromatic heterocycles. The highest BCUT2D eigenvalue weighted by atomic mass is 32.2. The molecule has 2 heterocycles. The van der Waals surface area contributed by atoms with Gasteiger partial charge in [0.05, 0.1) is 17.8 Å². The second-order valence-corrected chi connectivity index (χ2v) is 10.4. The molecule has 2 fully saturated rings. The smallest absolute Gasteiger partial charge is 0.230 e. The van der Waals surface area contributed by atoms with Gasteiger partial charge in [0.25, 0.3) is 0 Å². The normalized spacial score (nSPS) is 24.0. The number of amides is 1. The molecule has 1 aliphatic heterocycles. The predicted octanol–water partition coefficient (Wildman–Crippen LogP) is 4.98. The summed E-state index contributed by atoms with van der Waals surface area (Å²) in [6, 6.07) is 8.68. The van der Waals surface area contributed by atoms with Gasteiger partial charge in [-0.3, -0.25) is 9.59 Å². The molecule has 0 bridgehead atoms. The monoisotopic (exact) mass is 485 g/mol. The van der Waals surface area contributed by atoms with Crippen molar-refractivity contribution in [3.63, 3.8) is 0 Å². The van der Waals surface area contributed by atoms with Crippen molar-refractivity contribution in [2.24, 2.45) is 11.8 Å². The van der Waals surface area contributed by atoms with Crippen LogP contribution in [0.1, 0.15) is 56.3 Å². The Morgan fingerprint density at radius 2 is 2.00 bits per heavy atom. The number of thioether (sulfide) groups is 1. The number of rotatable bonds is 9. The van der Waals surface area contributed by atoms with Crippen LogP contribution in [0.3, 0.4) is 0 Å². The van der Waals surface area contributed by atoms with Crippen LogP contribution in [0.5, 0.6) is 11.6 Å². The maximum atomic E-state index is 14.0. The van der Waals surface area contributed by atoms with E-state index in [-0.39, 0.29) is 47.2 Å². The Morgan fingerprint density at radius 1 is 1.24 bits per heavy atom. The lowest BCUT2D eigenvalue weighted by molar-refractivity contribution is -0.125. The SMILES string of the molecule is CSc1cccc(Oc2ncc(F)cc2C(=O)C2NC2CC2CCC(NC(=O)C(C)C)CC2)c1. The van der Waals surface area contributed by atoms with Crippen LogP contribution in [0.2, 0.25) is 0 Å². The zero-order chi connectivity index (χ0) is 24.2. The molecule has 1 aliphatic carbocycles. The van der Waals surface area contributed by atoms with E-state index in [4.69, 9.17) is 4.74 Å². The first-order valence-corrected chi connectivity index (χ1v) is 13.1. The first kappa shape index (κ1) is 24.7. The Labute approximate surface area is 204 Å². The molecule has 8 heteroatoms. The summed E-state index contributed by atoms with van der Waals surface area (Å²) in [5.41, 5.74) is 0.162. The molecular formula is C26H32FN3O3S. The van der Waals surface area contributed by atoms with Gasteiger partial charge in [-0.2, -0.15) is 0 Å². The highest BCUT2D eigenvalue weighted by molar-refractivity contribution is 7.98. The van der Waals surface area contributed by atoms with Gasteiger partial charge in [0, 0.05) is 22.9 Å². The molecule has 6 nitrogen and oxygen atoms in total. The lowest BCUT2D eigenvalue weighted by Gasteiger charge is -2.29. The van der Waals surface area contributed by atoms with Crippen LogP contribution >= 0.6 is 11.8 Å². The molecule has 1 aromatic carbocycles. The van der Waals surface area contributed by atoms with E-state index in [2.05, 4.69) is 15.6 Å². The van der Waals surface area contributed by atoms with Crippen molar-refractivity contribution in [1.82, 2.24) is 15.6 Å². The Kier molecular flexibility index (Phi) is 7.88. The first-order chi connectivity index (χ1) is 16.3. The van der Waals surface area contributed by atoms with Crippen molar-refractivity contribution in [2.45, 2.75) is 69.0 Å². The summed E-state index contributed by atoms with van der Waals surface area (Å²) in [6.45, 7) is 3.81. The second-order valence-electron chi connectivity index (χ2n) is 9.52. The van der Waals surface area contributed by atoms with Crippen LogP contribution in [-0.2, 0) is 4.79 Å². The standard InChI is InChI=1S/C26H32FN3O3S/c1-15(2)25(32)29-18-9-7-16(8-10-18)11-22-23(30-22)24(31)21-12-17(27)14-28-26(21)33-19-5-4-6-20(13-19)34-3/h4-6,12-16,18,22-23,30H,7-11H2,1-3H3,(H,29,32). The molecular weight excluding hydrogens is 453 g/mol. The van der Waals surface area contributed by atoms with Gasteiger partial charge in [-0.25, -0.2) is 9.37 Å². The molecule has 182 valence electrons. The predicted molar refractivity (Wildman–Crippen MR) is 131 cm³/mol. The van der Waals surface area contributed by atoms with Crippen molar-refractivity contribution in [2.75, 3.05) is 6.26 Å². The number of Topliss-reactive ketones (excluding diaryl/α,β-unsaturated/α-hetero) is 1. The maximum Gasteiger partial charge on any atom is 0.230 e. The molecule has 4 rings (SSSR count). The quantitative estimate of drug-likeness (QED) is 0.296. The molecule has 2 unspecified atom stereocenters. The van der Waals surface area contributed by atoms with Crippen LogP contribution < -0.4 is 15.4 Å². The van der Waals surface area contributed by atoms with E-state index >= 15 is 0 Å². The molecule has 2 N–H and O–H groups in total. The lowest BCUT2D eigenvalue weighted by Crippen LogP contribution is -2.39. The van der Waals surface area contributed by atoms with E-state index in [1.165, 1.54) is 6.07 Å². The number of hydrogen-bond acceptors (Lipinski definition) is 6. The van der Waals surface area contributed by atoms with Gasteiger partial charge in [0.1, 0.15) is 11.6 Å². The maximum absolute atomic E-state index is 14.0. The summed E-state index contributed by atoms with van der Waals surface area (Å²) < 4.78 is 19.8. The van der Waals surface area contributed by atoms with Gasteiger partial charge >= 0.3 is 0 Å². The van der Waals surface area contributed by atoms with Gasteiger partial charge in [-0.15, -0.1) is 11.8 Å². The fourth-order valence-corrected chi connectivity index (χ4v) is 4.98.